The van der Waals surface area contributed by atoms with Crippen LogP contribution in [0.3, 0.4) is 0 Å². The summed E-state index contributed by atoms with van der Waals surface area (Å²) in [6, 6.07) is 8.43. The minimum atomic E-state index is -0.409. The number of benzene rings is 1. The van der Waals surface area contributed by atoms with E-state index in [4.69, 9.17) is 9.15 Å². The Labute approximate surface area is 127 Å². The zero-order chi connectivity index (χ0) is 15.4. The van der Waals surface area contributed by atoms with Crippen LogP contribution in [0.1, 0.15) is 12.8 Å². The third kappa shape index (κ3) is 3.65. The van der Waals surface area contributed by atoms with Crippen molar-refractivity contribution in [1.29, 1.82) is 0 Å². The molecular weight excluding hydrogens is 284 g/mol. The Balaban J connectivity index is 1.58. The average molecular weight is 302 g/mol. The molecule has 22 heavy (non-hydrogen) atoms. The molecule has 1 saturated heterocycles. The molecule has 1 aromatic carbocycles. The quantitative estimate of drug-likeness (QED) is 0.825. The highest BCUT2D eigenvalue weighted by Crippen LogP contribution is 2.19. The highest BCUT2D eigenvalue weighted by molar-refractivity contribution is 5.79. The standard InChI is InChI=1S/C16H18N2O4/c19-15(18-12-5-7-17-8-6-12)10-21-13-3-1-11-2-4-16(20)22-14(11)9-13/h1-4,9,12,17H,5-8,10H2,(H,18,19). The van der Waals surface area contributed by atoms with E-state index < -0.39 is 5.63 Å². The van der Waals surface area contributed by atoms with Crippen molar-refractivity contribution in [3.63, 3.8) is 0 Å². The molecule has 0 atom stereocenters. The molecule has 0 radical (unpaired) electrons. The summed E-state index contributed by atoms with van der Waals surface area (Å²) >= 11 is 0. The molecule has 0 bridgehead atoms. The summed E-state index contributed by atoms with van der Waals surface area (Å²) in [6.07, 6.45) is 1.87. The minimum Gasteiger partial charge on any atom is -0.484 e. The zero-order valence-corrected chi connectivity index (χ0v) is 12.1. The Morgan fingerprint density at radius 2 is 2.05 bits per heavy atom. The van der Waals surface area contributed by atoms with Gasteiger partial charge in [-0.15, -0.1) is 0 Å². The fourth-order valence-electron chi connectivity index (χ4n) is 2.52. The zero-order valence-electron chi connectivity index (χ0n) is 12.1. The Morgan fingerprint density at radius 3 is 2.86 bits per heavy atom. The fraction of sp³-hybridized carbons (Fsp3) is 0.375. The lowest BCUT2D eigenvalue weighted by Crippen LogP contribution is -2.44. The third-order valence-corrected chi connectivity index (χ3v) is 3.67. The van der Waals surface area contributed by atoms with E-state index in [-0.39, 0.29) is 18.6 Å². The Bertz CT molecular complexity index is 719. The van der Waals surface area contributed by atoms with Gasteiger partial charge < -0.3 is 19.8 Å². The van der Waals surface area contributed by atoms with Gasteiger partial charge in [0.25, 0.3) is 5.91 Å². The van der Waals surface area contributed by atoms with Gasteiger partial charge in [-0.05, 0) is 44.1 Å². The molecule has 1 amide bonds. The van der Waals surface area contributed by atoms with Crippen LogP contribution in [0.25, 0.3) is 11.0 Å². The van der Waals surface area contributed by atoms with Crippen molar-refractivity contribution in [3.05, 3.63) is 40.8 Å². The summed E-state index contributed by atoms with van der Waals surface area (Å²) in [5.74, 6) is 0.365. The number of hydrogen-bond donors (Lipinski definition) is 2. The minimum absolute atomic E-state index is 0.0491. The van der Waals surface area contributed by atoms with Crippen molar-refractivity contribution in [3.8, 4) is 5.75 Å². The van der Waals surface area contributed by atoms with Gasteiger partial charge in [0.05, 0.1) is 0 Å². The maximum Gasteiger partial charge on any atom is 0.336 e. The highest BCUT2D eigenvalue weighted by Gasteiger charge is 2.15. The normalized spacial score (nSPS) is 15.6. The SMILES string of the molecule is O=C(COc1ccc2ccc(=O)oc2c1)NC1CCNCC1. The largest absolute Gasteiger partial charge is 0.484 e. The van der Waals surface area contributed by atoms with Crippen molar-refractivity contribution in [2.24, 2.45) is 0 Å². The lowest BCUT2D eigenvalue weighted by molar-refractivity contribution is -0.123. The molecule has 1 fully saturated rings. The predicted octanol–water partition coefficient (Wildman–Crippen LogP) is 1.04. The van der Waals surface area contributed by atoms with Crippen LogP contribution in [0.5, 0.6) is 5.75 Å². The van der Waals surface area contributed by atoms with E-state index in [1.54, 1.807) is 24.3 Å². The number of rotatable bonds is 4. The number of carbonyl (C=O) groups excluding carboxylic acids is 1. The molecule has 0 unspecified atom stereocenters. The first-order chi connectivity index (χ1) is 10.7. The van der Waals surface area contributed by atoms with Crippen molar-refractivity contribution in [2.75, 3.05) is 19.7 Å². The van der Waals surface area contributed by atoms with E-state index >= 15 is 0 Å². The second-order valence-corrected chi connectivity index (χ2v) is 5.33. The Hall–Kier alpha value is -2.34. The monoisotopic (exact) mass is 302 g/mol. The number of amides is 1. The topological polar surface area (TPSA) is 80.6 Å². The van der Waals surface area contributed by atoms with Gasteiger partial charge in [-0.3, -0.25) is 4.79 Å². The van der Waals surface area contributed by atoms with E-state index in [2.05, 4.69) is 10.6 Å². The molecule has 0 spiro atoms. The van der Waals surface area contributed by atoms with E-state index in [1.165, 1.54) is 6.07 Å². The first kappa shape index (κ1) is 14.6. The second-order valence-electron chi connectivity index (χ2n) is 5.33. The number of ether oxygens (including phenoxy) is 1. The van der Waals surface area contributed by atoms with Crippen LogP contribution in [0.2, 0.25) is 0 Å². The number of fused-ring (bicyclic) bond motifs is 1. The van der Waals surface area contributed by atoms with Crippen molar-refractivity contribution < 1.29 is 13.9 Å². The van der Waals surface area contributed by atoms with Crippen molar-refractivity contribution >= 4 is 16.9 Å². The Kier molecular flexibility index (Phi) is 4.39. The lowest BCUT2D eigenvalue weighted by Gasteiger charge is -2.23. The van der Waals surface area contributed by atoms with Gasteiger partial charge >= 0.3 is 5.63 Å². The average Bonchev–Trinajstić information content (AvgIpc) is 2.53. The summed E-state index contributed by atoms with van der Waals surface area (Å²) in [5, 5.41) is 7.02. The van der Waals surface area contributed by atoms with Crippen LogP contribution in [-0.2, 0) is 4.79 Å². The maximum absolute atomic E-state index is 11.9. The van der Waals surface area contributed by atoms with Crippen LogP contribution in [0.15, 0.2) is 39.5 Å². The van der Waals surface area contributed by atoms with Crippen LogP contribution < -0.4 is 21.0 Å². The molecule has 2 N–H and O–H groups in total. The summed E-state index contributed by atoms with van der Waals surface area (Å²) in [7, 11) is 0. The molecule has 0 aliphatic carbocycles. The molecular formula is C16H18N2O4. The molecule has 6 heteroatoms. The highest BCUT2D eigenvalue weighted by atomic mass is 16.5. The molecule has 1 aliphatic rings. The number of hydrogen-bond acceptors (Lipinski definition) is 5. The van der Waals surface area contributed by atoms with E-state index in [9.17, 15) is 9.59 Å². The number of carbonyl (C=O) groups is 1. The molecule has 0 saturated carbocycles. The smallest absolute Gasteiger partial charge is 0.336 e. The van der Waals surface area contributed by atoms with E-state index in [0.29, 0.717) is 11.3 Å². The molecule has 1 aromatic heterocycles. The summed E-state index contributed by atoms with van der Waals surface area (Å²) in [5.41, 5.74) is 0.0389. The van der Waals surface area contributed by atoms with Crippen molar-refractivity contribution in [2.45, 2.75) is 18.9 Å². The van der Waals surface area contributed by atoms with Crippen LogP contribution >= 0.6 is 0 Å². The predicted molar refractivity (Wildman–Crippen MR) is 82.0 cm³/mol. The van der Waals surface area contributed by atoms with Gasteiger partial charge in [-0.25, -0.2) is 4.79 Å². The van der Waals surface area contributed by atoms with Gasteiger partial charge in [0, 0.05) is 23.6 Å². The van der Waals surface area contributed by atoms with Gasteiger partial charge in [0.1, 0.15) is 11.3 Å². The third-order valence-electron chi connectivity index (χ3n) is 3.67. The molecule has 1 aliphatic heterocycles. The summed E-state index contributed by atoms with van der Waals surface area (Å²) in [6.45, 7) is 1.80. The van der Waals surface area contributed by atoms with Crippen LogP contribution in [-0.4, -0.2) is 31.6 Å². The molecule has 2 aromatic rings. The van der Waals surface area contributed by atoms with Crippen LogP contribution in [0, 0.1) is 0 Å². The van der Waals surface area contributed by atoms with E-state index in [1.807, 2.05) is 0 Å². The lowest BCUT2D eigenvalue weighted by atomic mass is 10.1. The van der Waals surface area contributed by atoms with Gasteiger partial charge in [0.2, 0.25) is 0 Å². The Morgan fingerprint density at radius 1 is 1.27 bits per heavy atom. The second kappa shape index (κ2) is 6.62. The molecule has 6 nitrogen and oxygen atoms in total. The van der Waals surface area contributed by atoms with E-state index in [0.717, 1.165) is 31.3 Å². The first-order valence-electron chi connectivity index (χ1n) is 7.37. The van der Waals surface area contributed by atoms with Gasteiger partial charge in [-0.2, -0.15) is 0 Å². The number of piperidine rings is 1. The maximum atomic E-state index is 11.9. The van der Waals surface area contributed by atoms with Crippen LogP contribution in [0.4, 0.5) is 0 Å². The first-order valence-corrected chi connectivity index (χ1v) is 7.37. The summed E-state index contributed by atoms with van der Waals surface area (Å²) in [4.78, 5) is 23.1. The fourth-order valence-corrected chi connectivity index (χ4v) is 2.52. The van der Waals surface area contributed by atoms with Gasteiger partial charge in [0.15, 0.2) is 6.61 Å². The number of nitrogens with one attached hydrogen (secondary N) is 2. The van der Waals surface area contributed by atoms with Gasteiger partial charge in [-0.1, -0.05) is 0 Å². The molecule has 2 heterocycles. The summed E-state index contributed by atoms with van der Waals surface area (Å²) < 4.78 is 10.6. The van der Waals surface area contributed by atoms with Crippen molar-refractivity contribution in [1.82, 2.24) is 10.6 Å². The molecule has 116 valence electrons. The molecule has 3 rings (SSSR count).